The first-order valence-corrected chi connectivity index (χ1v) is 9.90. The van der Waals surface area contributed by atoms with Gasteiger partial charge in [0.25, 0.3) is 0 Å². The smallest absolute Gasteiger partial charge is 0.248 e. The average Bonchev–Trinajstić information content (AvgIpc) is 3.35. The summed E-state index contributed by atoms with van der Waals surface area (Å²) in [5.74, 6) is 0.0754. The van der Waals surface area contributed by atoms with Gasteiger partial charge in [-0.2, -0.15) is 0 Å². The largest absolute Gasteiger partial charge is 0.323 e. The molecule has 1 N–H and O–H groups in total. The van der Waals surface area contributed by atoms with Crippen molar-refractivity contribution < 1.29 is 14.4 Å². The van der Waals surface area contributed by atoms with E-state index in [1.54, 1.807) is 28.0 Å². The van der Waals surface area contributed by atoms with Crippen LogP contribution in [0.2, 0.25) is 0 Å². The van der Waals surface area contributed by atoms with Crippen LogP contribution in [0.25, 0.3) is 6.08 Å². The fourth-order valence-electron chi connectivity index (χ4n) is 3.69. The molecule has 4 rings (SSSR count). The molecule has 0 saturated carbocycles. The number of carbonyl (C=O) groups excluding carboxylic acids is 3. The summed E-state index contributed by atoms with van der Waals surface area (Å²) in [6, 6.07) is 14.9. The van der Waals surface area contributed by atoms with Gasteiger partial charge in [-0.15, -0.1) is 0 Å². The highest BCUT2D eigenvalue weighted by atomic mass is 16.2. The molecule has 0 unspecified atom stereocenters. The highest BCUT2D eigenvalue weighted by Crippen LogP contribution is 2.24. The van der Waals surface area contributed by atoms with E-state index in [0.717, 1.165) is 42.9 Å². The van der Waals surface area contributed by atoms with E-state index in [2.05, 4.69) is 5.32 Å². The zero-order chi connectivity index (χ0) is 20.2. The van der Waals surface area contributed by atoms with Crippen molar-refractivity contribution in [3.8, 4) is 0 Å². The third kappa shape index (κ3) is 4.37. The summed E-state index contributed by atoms with van der Waals surface area (Å²) < 4.78 is 0. The fourth-order valence-corrected chi connectivity index (χ4v) is 3.69. The van der Waals surface area contributed by atoms with Gasteiger partial charge in [0.15, 0.2) is 0 Å². The Morgan fingerprint density at radius 2 is 1.31 bits per heavy atom. The summed E-state index contributed by atoms with van der Waals surface area (Å²) in [4.78, 5) is 39.3. The van der Waals surface area contributed by atoms with Crippen molar-refractivity contribution in [1.82, 2.24) is 0 Å². The maximum atomic E-state index is 12.2. The molecular weight excluding hydrogens is 366 g/mol. The van der Waals surface area contributed by atoms with Crippen LogP contribution in [-0.4, -0.2) is 30.8 Å². The summed E-state index contributed by atoms with van der Waals surface area (Å²) in [6.45, 7) is 1.51. The molecule has 6 nitrogen and oxygen atoms in total. The number of hydrogen-bond acceptors (Lipinski definition) is 3. The molecular formula is C23H23N3O3. The van der Waals surface area contributed by atoms with Crippen LogP contribution < -0.4 is 15.1 Å². The molecule has 2 aromatic carbocycles. The summed E-state index contributed by atoms with van der Waals surface area (Å²) in [6.07, 6.45) is 6.21. The highest BCUT2D eigenvalue weighted by Gasteiger charge is 2.22. The molecule has 0 aliphatic carbocycles. The lowest BCUT2D eigenvalue weighted by molar-refractivity contribution is -0.117. The van der Waals surface area contributed by atoms with Crippen molar-refractivity contribution in [2.24, 2.45) is 0 Å². The molecule has 2 aromatic rings. The van der Waals surface area contributed by atoms with Crippen molar-refractivity contribution in [3.05, 3.63) is 60.2 Å². The van der Waals surface area contributed by atoms with Crippen molar-refractivity contribution >= 4 is 40.9 Å². The number of benzene rings is 2. The molecule has 2 saturated heterocycles. The molecule has 29 heavy (non-hydrogen) atoms. The Balaban J connectivity index is 1.33. The van der Waals surface area contributed by atoms with Gasteiger partial charge in [0.1, 0.15) is 0 Å². The molecule has 2 aliphatic rings. The Kier molecular flexibility index (Phi) is 5.42. The maximum absolute atomic E-state index is 12.2. The number of rotatable bonds is 5. The highest BCUT2D eigenvalue weighted by molar-refractivity contribution is 6.02. The molecule has 2 aliphatic heterocycles. The van der Waals surface area contributed by atoms with Gasteiger partial charge in [-0.1, -0.05) is 12.1 Å². The lowest BCUT2D eigenvalue weighted by atomic mass is 10.2. The summed E-state index contributed by atoms with van der Waals surface area (Å²) in [7, 11) is 0. The maximum Gasteiger partial charge on any atom is 0.248 e. The molecule has 0 bridgehead atoms. The molecule has 0 atom stereocenters. The van der Waals surface area contributed by atoms with E-state index in [9.17, 15) is 14.4 Å². The molecule has 2 fully saturated rings. The van der Waals surface area contributed by atoms with E-state index < -0.39 is 0 Å². The zero-order valence-corrected chi connectivity index (χ0v) is 16.1. The Bertz CT molecular complexity index is 948. The minimum atomic E-state index is -0.228. The predicted octanol–water partition coefficient (Wildman–Crippen LogP) is 3.59. The molecule has 148 valence electrons. The first-order chi connectivity index (χ1) is 14.1. The minimum Gasteiger partial charge on any atom is -0.323 e. The zero-order valence-electron chi connectivity index (χ0n) is 16.1. The number of nitrogens with zero attached hydrogens (tertiary/aromatic N) is 2. The molecule has 0 spiro atoms. The van der Waals surface area contributed by atoms with Crippen LogP contribution in [0, 0.1) is 0 Å². The predicted molar refractivity (Wildman–Crippen MR) is 114 cm³/mol. The molecule has 2 heterocycles. The van der Waals surface area contributed by atoms with Crippen LogP contribution >= 0.6 is 0 Å². The van der Waals surface area contributed by atoms with Gasteiger partial charge in [0, 0.05) is 49.1 Å². The Hall–Kier alpha value is -3.41. The second-order valence-electron chi connectivity index (χ2n) is 7.26. The summed E-state index contributed by atoms with van der Waals surface area (Å²) >= 11 is 0. The average molecular weight is 389 g/mol. The van der Waals surface area contributed by atoms with Crippen LogP contribution in [0.5, 0.6) is 0 Å². The van der Waals surface area contributed by atoms with E-state index >= 15 is 0 Å². The van der Waals surface area contributed by atoms with Crippen LogP contribution in [0.4, 0.5) is 17.1 Å². The first-order valence-electron chi connectivity index (χ1n) is 9.90. The third-order valence-corrected chi connectivity index (χ3v) is 5.23. The summed E-state index contributed by atoms with van der Waals surface area (Å²) in [5, 5.41) is 2.82. The van der Waals surface area contributed by atoms with Crippen LogP contribution in [0.3, 0.4) is 0 Å². The third-order valence-electron chi connectivity index (χ3n) is 5.23. The quantitative estimate of drug-likeness (QED) is 0.795. The number of hydrogen-bond donors (Lipinski definition) is 1. The van der Waals surface area contributed by atoms with Gasteiger partial charge >= 0.3 is 0 Å². The van der Waals surface area contributed by atoms with Gasteiger partial charge in [0.2, 0.25) is 17.7 Å². The van der Waals surface area contributed by atoms with Gasteiger partial charge < -0.3 is 15.1 Å². The van der Waals surface area contributed by atoms with Gasteiger partial charge in [-0.3, -0.25) is 14.4 Å². The second-order valence-corrected chi connectivity index (χ2v) is 7.26. The first kappa shape index (κ1) is 18.9. The molecule has 3 amide bonds. The van der Waals surface area contributed by atoms with Crippen LogP contribution in [-0.2, 0) is 14.4 Å². The van der Waals surface area contributed by atoms with Crippen LogP contribution in [0.15, 0.2) is 54.6 Å². The van der Waals surface area contributed by atoms with Gasteiger partial charge in [0.05, 0.1) is 0 Å². The van der Waals surface area contributed by atoms with Crippen molar-refractivity contribution in [2.75, 3.05) is 28.2 Å². The Morgan fingerprint density at radius 1 is 0.793 bits per heavy atom. The van der Waals surface area contributed by atoms with E-state index in [1.165, 1.54) is 6.08 Å². The minimum absolute atomic E-state index is 0.143. The van der Waals surface area contributed by atoms with E-state index in [1.807, 2.05) is 36.4 Å². The van der Waals surface area contributed by atoms with Crippen LogP contribution in [0.1, 0.15) is 31.2 Å². The van der Waals surface area contributed by atoms with Crippen molar-refractivity contribution in [2.45, 2.75) is 25.7 Å². The number of anilines is 3. The lowest BCUT2D eigenvalue weighted by Gasteiger charge is -2.16. The van der Waals surface area contributed by atoms with E-state index in [-0.39, 0.29) is 17.7 Å². The normalized spacial score (nSPS) is 16.8. The monoisotopic (exact) mass is 389 g/mol. The molecule has 6 heteroatoms. The SMILES string of the molecule is O=C(/C=C/c1ccc(N2CCCC2=O)cc1)Nc1ccc(N2CCCC2=O)cc1. The van der Waals surface area contributed by atoms with E-state index in [0.29, 0.717) is 18.5 Å². The second kappa shape index (κ2) is 8.31. The standard InChI is InChI=1S/C23H23N3O3/c27-21(24-18-8-12-20(13-9-18)26-16-2-4-23(26)29)14-7-17-5-10-19(11-6-17)25-15-1-3-22(25)28/h5-14H,1-4,15-16H2,(H,24,27)/b14-7+. The lowest BCUT2D eigenvalue weighted by Crippen LogP contribution is -2.23. The van der Waals surface area contributed by atoms with Crippen molar-refractivity contribution in [3.63, 3.8) is 0 Å². The number of nitrogens with one attached hydrogen (secondary N) is 1. The van der Waals surface area contributed by atoms with E-state index in [4.69, 9.17) is 0 Å². The van der Waals surface area contributed by atoms with Crippen molar-refractivity contribution in [1.29, 1.82) is 0 Å². The Labute approximate surface area is 169 Å². The molecule has 0 radical (unpaired) electrons. The number of amides is 3. The fraction of sp³-hybridized carbons (Fsp3) is 0.261. The number of carbonyl (C=O) groups is 3. The topological polar surface area (TPSA) is 69.7 Å². The van der Waals surface area contributed by atoms with Gasteiger partial charge in [-0.25, -0.2) is 0 Å². The summed E-state index contributed by atoms with van der Waals surface area (Å²) in [5.41, 5.74) is 3.32. The Morgan fingerprint density at radius 3 is 1.79 bits per heavy atom. The molecule has 0 aromatic heterocycles. The van der Waals surface area contributed by atoms with Gasteiger partial charge in [-0.05, 0) is 60.9 Å².